The van der Waals surface area contributed by atoms with Crippen LogP contribution in [0.4, 0.5) is 0 Å². The molecule has 0 radical (unpaired) electrons. The van der Waals surface area contributed by atoms with Gasteiger partial charge in [0, 0.05) is 10.4 Å². The van der Waals surface area contributed by atoms with Gasteiger partial charge in [-0.2, -0.15) is 0 Å². The molecule has 0 atom stereocenters. The molecule has 15 heavy (non-hydrogen) atoms. The van der Waals surface area contributed by atoms with Crippen LogP contribution in [0.1, 0.15) is 16.1 Å². The van der Waals surface area contributed by atoms with Crippen LogP contribution >= 0.6 is 11.3 Å². The summed E-state index contributed by atoms with van der Waals surface area (Å²) in [4.78, 5) is 5.50. The molecule has 0 saturated heterocycles. The molecule has 0 unspecified atom stereocenters. The van der Waals surface area contributed by atoms with Crippen LogP contribution in [0.15, 0.2) is 24.3 Å². The summed E-state index contributed by atoms with van der Waals surface area (Å²) in [7, 11) is 0. The van der Waals surface area contributed by atoms with Crippen molar-refractivity contribution in [1.29, 1.82) is 0 Å². The van der Waals surface area contributed by atoms with E-state index >= 15 is 0 Å². The molecule has 1 N–H and O–H groups in total. The number of aliphatic hydroxyl groups is 1. The second-order valence-corrected chi connectivity index (χ2v) is 4.75. The lowest BCUT2D eigenvalue weighted by Crippen LogP contribution is -1.85. The van der Waals surface area contributed by atoms with E-state index in [9.17, 15) is 0 Å². The van der Waals surface area contributed by atoms with Crippen LogP contribution in [-0.4, -0.2) is 10.1 Å². The highest BCUT2D eigenvalue weighted by Gasteiger charge is 2.08. The number of nitrogens with zero attached hydrogens (tertiary/aromatic N) is 1. The molecule has 3 heteroatoms. The number of rotatable bonds is 2. The van der Waals surface area contributed by atoms with Crippen LogP contribution in [0.3, 0.4) is 0 Å². The summed E-state index contributed by atoms with van der Waals surface area (Å²) in [5, 5.41) is 10.1. The minimum absolute atomic E-state index is 0.0220. The van der Waals surface area contributed by atoms with E-state index in [1.807, 2.05) is 19.1 Å². The van der Waals surface area contributed by atoms with E-state index < -0.39 is 0 Å². The molecule has 1 heterocycles. The molecule has 0 saturated carbocycles. The van der Waals surface area contributed by atoms with E-state index in [0.717, 1.165) is 21.1 Å². The normalized spacial score (nSPS) is 10.6. The van der Waals surface area contributed by atoms with Gasteiger partial charge in [0.05, 0.1) is 12.3 Å². The molecule has 0 aliphatic carbocycles. The van der Waals surface area contributed by atoms with E-state index in [0.29, 0.717) is 0 Å². The monoisotopic (exact) mass is 219 g/mol. The van der Waals surface area contributed by atoms with Gasteiger partial charge in [-0.15, -0.1) is 11.3 Å². The fraction of sp³-hybridized carbons (Fsp3) is 0.250. The Kier molecular flexibility index (Phi) is 2.84. The second-order valence-electron chi connectivity index (χ2n) is 3.55. The first-order valence-electron chi connectivity index (χ1n) is 4.85. The molecule has 1 aromatic heterocycles. The molecule has 0 aliphatic rings. The zero-order chi connectivity index (χ0) is 10.8. The van der Waals surface area contributed by atoms with Crippen molar-refractivity contribution in [1.82, 2.24) is 4.98 Å². The number of hydrogen-bond donors (Lipinski definition) is 1. The Morgan fingerprint density at radius 1 is 1.33 bits per heavy atom. The molecule has 0 bridgehead atoms. The van der Waals surface area contributed by atoms with Crippen LogP contribution in [0.2, 0.25) is 0 Å². The van der Waals surface area contributed by atoms with Gasteiger partial charge in [-0.3, -0.25) is 0 Å². The van der Waals surface area contributed by atoms with Crippen LogP contribution in [0.5, 0.6) is 0 Å². The molecule has 2 nitrogen and oxygen atoms in total. The van der Waals surface area contributed by atoms with Crippen LogP contribution in [0, 0.1) is 13.8 Å². The molecule has 0 amide bonds. The number of benzene rings is 1. The summed E-state index contributed by atoms with van der Waals surface area (Å²) in [6, 6.07) is 8.25. The van der Waals surface area contributed by atoms with E-state index in [2.05, 4.69) is 24.0 Å². The molecule has 78 valence electrons. The summed E-state index contributed by atoms with van der Waals surface area (Å²) in [6.45, 7) is 4.08. The fourth-order valence-corrected chi connectivity index (χ4v) is 2.39. The molecule has 0 fully saturated rings. The fourth-order valence-electron chi connectivity index (χ4n) is 1.48. The van der Waals surface area contributed by atoms with Gasteiger partial charge in [-0.05, 0) is 19.9 Å². The number of aliphatic hydroxyl groups excluding tert-OH is 1. The largest absolute Gasteiger partial charge is 0.390 e. The minimum Gasteiger partial charge on any atom is -0.390 e. The third kappa shape index (κ3) is 2.08. The first-order valence-corrected chi connectivity index (χ1v) is 5.66. The van der Waals surface area contributed by atoms with Gasteiger partial charge in [0.1, 0.15) is 5.01 Å². The highest BCUT2D eigenvalue weighted by atomic mass is 32.1. The molecule has 0 aliphatic heterocycles. The average Bonchev–Trinajstić information content (AvgIpc) is 2.60. The van der Waals surface area contributed by atoms with Crippen LogP contribution in [0.25, 0.3) is 10.6 Å². The van der Waals surface area contributed by atoms with Gasteiger partial charge < -0.3 is 5.11 Å². The van der Waals surface area contributed by atoms with Gasteiger partial charge in [-0.1, -0.05) is 23.8 Å². The third-order valence-corrected chi connectivity index (χ3v) is 3.37. The lowest BCUT2D eigenvalue weighted by atomic mass is 10.1. The molecular weight excluding hydrogens is 206 g/mol. The molecular formula is C12H13NOS. The molecule has 2 aromatic rings. The maximum absolute atomic E-state index is 9.08. The number of hydrogen-bond acceptors (Lipinski definition) is 3. The maximum atomic E-state index is 9.08. The maximum Gasteiger partial charge on any atom is 0.123 e. The van der Waals surface area contributed by atoms with Crippen molar-refractivity contribution < 1.29 is 5.11 Å². The van der Waals surface area contributed by atoms with Crippen molar-refractivity contribution in [2.75, 3.05) is 0 Å². The SMILES string of the molecule is Cc1cccc(-c2nc(CO)c(C)s2)c1. The minimum atomic E-state index is 0.0220. The van der Waals surface area contributed by atoms with Gasteiger partial charge in [-0.25, -0.2) is 4.98 Å². The summed E-state index contributed by atoms with van der Waals surface area (Å²) in [5.41, 5.74) is 3.14. The van der Waals surface area contributed by atoms with E-state index in [4.69, 9.17) is 5.11 Å². The Labute approximate surface area is 93.2 Å². The molecule has 0 spiro atoms. The van der Waals surface area contributed by atoms with E-state index in [-0.39, 0.29) is 6.61 Å². The van der Waals surface area contributed by atoms with Gasteiger partial charge in [0.25, 0.3) is 0 Å². The summed E-state index contributed by atoms with van der Waals surface area (Å²) in [6.07, 6.45) is 0. The predicted molar refractivity (Wildman–Crippen MR) is 62.9 cm³/mol. The smallest absolute Gasteiger partial charge is 0.123 e. The van der Waals surface area contributed by atoms with Crippen molar-refractivity contribution in [3.63, 3.8) is 0 Å². The van der Waals surface area contributed by atoms with E-state index in [1.165, 1.54) is 5.56 Å². The number of aryl methyl sites for hydroxylation is 2. The Morgan fingerprint density at radius 2 is 2.13 bits per heavy atom. The van der Waals surface area contributed by atoms with Gasteiger partial charge >= 0.3 is 0 Å². The lowest BCUT2D eigenvalue weighted by molar-refractivity contribution is 0.277. The number of thiazole rings is 1. The predicted octanol–water partition coefficient (Wildman–Crippen LogP) is 2.92. The van der Waals surface area contributed by atoms with Crippen molar-refractivity contribution in [3.05, 3.63) is 40.4 Å². The Morgan fingerprint density at radius 3 is 2.73 bits per heavy atom. The van der Waals surface area contributed by atoms with Crippen molar-refractivity contribution in [2.45, 2.75) is 20.5 Å². The standard InChI is InChI=1S/C12H13NOS/c1-8-4-3-5-10(6-8)12-13-11(7-14)9(2)15-12/h3-6,14H,7H2,1-2H3. The summed E-state index contributed by atoms with van der Waals surface area (Å²) in [5.74, 6) is 0. The molecule has 2 rings (SSSR count). The van der Waals surface area contributed by atoms with Crippen molar-refractivity contribution >= 4 is 11.3 Å². The highest BCUT2D eigenvalue weighted by Crippen LogP contribution is 2.27. The highest BCUT2D eigenvalue weighted by molar-refractivity contribution is 7.15. The van der Waals surface area contributed by atoms with Crippen molar-refractivity contribution in [3.8, 4) is 10.6 Å². The average molecular weight is 219 g/mol. The van der Waals surface area contributed by atoms with Crippen LogP contribution < -0.4 is 0 Å². The number of aromatic nitrogens is 1. The zero-order valence-corrected chi connectivity index (χ0v) is 9.64. The Balaban J connectivity index is 2.45. The Hall–Kier alpha value is -1.19. The first-order chi connectivity index (χ1) is 7.20. The third-order valence-electron chi connectivity index (χ3n) is 2.31. The summed E-state index contributed by atoms with van der Waals surface area (Å²) >= 11 is 1.63. The lowest BCUT2D eigenvalue weighted by Gasteiger charge is -1.96. The van der Waals surface area contributed by atoms with E-state index in [1.54, 1.807) is 11.3 Å². The van der Waals surface area contributed by atoms with Gasteiger partial charge in [0.15, 0.2) is 0 Å². The van der Waals surface area contributed by atoms with Crippen LogP contribution in [-0.2, 0) is 6.61 Å². The van der Waals surface area contributed by atoms with Gasteiger partial charge in [0.2, 0.25) is 0 Å². The van der Waals surface area contributed by atoms with Crippen molar-refractivity contribution in [2.24, 2.45) is 0 Å². The molecule has 1 aromatic carbocycles. The first kappa shape index (κ1) is 10.3. The summed E-state index contributed by atoms with van der Waals surface area (Å²) < 4.78 is 0. The topological polar surface area (TPSA) is 33.1 Å². The second kappa shape index (κ2) is 4.13. The quantitative estimate of drug-likeness (QED) is 0.842. The Bertz CT molecular complexity index is 476. The zero-order valence-electron chi connectivity index (χ0n) is 8.82.